The van der Waals surface area contributed by atoms with Crippen LogP contribution in [0.4, 0.5) is 0 Å². The van der Waals surface area contributed by atoms with Crippen LogP contribution in [0.2, 0.25) is 0 Å². The molecule has 1 unspecified atom stereocenters. The summed E-state index contributed by atoms with van der Waals surface area (Å²) in [6.45, 7) is 4.59. The molecule has 0 aromatic heterocycles. The van der Waals surface area contributed by atoms with Crippen molar-refractivity contribution in [3.8, 4) is 11.1 Å². The predicted octanol–water partition coefficient (Wildman–Crippen LogP) is 6.60. The van der Waals surface area contributed by atoms with Gasteiger partial charge in [-0.2, -0.15) is 0 Å². The first-order chi connectivity index (χ1) is 13.2. The second kappa shape index (κ2) is 6.68. The van der Waals surface area contributed by atoms with E-state index in [0.717, 1.165) is 19.3 Å². The van der Waals surface area contributed by atoms with Gasteiger partial charge in [0.2, 0.25) is 0 Å². The van der Waals surface area contributed by atoms with Crippen molar-refractivity contribution in [2.75, 3.05) is 0 Å². The van der Waals surface area contributed by atoms with E-state index in [0.29, 0.717) is 5.92 Å². The second-order valence-corrected chi connectivity index (χ2v) is 8.44. The minimum absolute atomic E-state index is 0.574. The molecule has 0 saturated heterocycles. The van der Waals surface area contributed by atoms with E-state index in [1.165, 1.54) is 52.6 Å². The van der Waals surface area contributed by atoms with Gasteiger partial charge >= 0.3 is 0 Å². The molecule has 0 aliphatic heterocycles. The zero-order chi connectivity index (χ0) is 18.4. The molecule has 0 bridgehead atoms. The molecule has 0 nitrogen and oxygen atoms in total. The van der Waals surface area contributed by atoms with Gasteiger partial charge in [-0.25, -0.2) is 0 Å². The van der Waals surface area contributed by atoms with Gasteiger partial charge in [0.15, 0.2) is 0 Å². The van der Waals surface area contributed by atoms with Gasteiger partial charge in [-0.05, 0) is 101 Å². The summed E-state index contributed by atoms with van der Waals surface area (Å²) in [7, 11) is 0. The molecule has 0 N–H and O–H groups in total. The maximum Gasteiger partial charge on any atom is -0.00779 e. The van der Waals surface area contributed by atoms with Gasteiger partial charge in [0.1, 0.15) is 0 Å². The fraction of sp³-hybridized carbons (Fsp3) is 0.333. The highest BCUT2D eigenvalue weighted by Gasteiger charge is 2.25. The molecule has 2 aliphatic rings. The number of hydrogen-bond donors (Lipinski definition) is 0. The Kier molecular flexibility index (Phi) is 4.16. The molecule has 3 aromatic carbocycles. The molecule has 0 spiro atoms. The van der Waals surface area contributed by atoms with Crippen molar-refractivity contribution in [3.05, 3.63) is 93.5 Å². The Morgan fingerprint density at radius 2 is 1.52 bits per heavy atom. The highest BCUT2D eigenvalue weighted by Crippen LogP contribution is 2.40. The van der Waals surface area contributed by atoms with Gasteiger partial charge in [-0.3, -0.25) is 0 Å². The summed E-state index contributed by atoms with van der Waals surface area (Å²) in [6.07, 6.45) is 7.27. The Labute approximate surface area is 163 Å². The van der Waals surface area contributed by atoms with Crippen LogP contribution in [0.1, 0.15) is 58.2 Å². The molecule has 0 fully saturated rings. The molecular weight excluding hydrogens is 324 g/mol. The Morgan fingerprint density at radius 3 is 2.37 bits per heavy atom. The number of hydrogen-bond acceptors (Lipinski definition) is 0. The van der Waals surface area contributed by atoms with Crippen molar-refractivity contribution < 1.29 is 0 Å². The average molecular weight is 353 g/mol. The Hall–Kier alpha value is -2.34. The summed E-state index contributed by atoms with van der Waals surface area (Å²) in [5.74, 6) is 0.574. The van der Waals surface area contributed by atoms with Crippen molar-refractivity contribution in [2.45, 2.75) is 58.3 Å². The number of rotatable bonds is 2. The number of benzene rings is 3. The third-order valence-electron chi connectivity index (χ3n) is 6.74. The van der Waals surface area contributed by atoms with Crippen LogP contribution in [-0.4, -0.2) is 0 Å². The molecule has 0 radical (unpaired) electrons. The lowest BCUT2D eigenvalue weighted by molar-refractivity contribution is 0.682. The van der Waals surface area contributed by atoms with Crippen LogP contribution < -0.4 is 0 Å². The summed E-state index contributed by atoms with van der Waals surface area (Å²) in [6, 6.07) is 21.2. The maximum atomic E-state index is 2.56. The zero-order valence-electron chi connectivity index (χ0n) is 16.5. The predicted molar refractivity (Wildman–Crippen MR) is 115 cm³/mol. The zero-order valence-corrected chi connectivity index (χ0v) is 16.5. The van der Waals surface area contributed by atoms with Gasteiger partial charge in [0.05, 0.1) is 0 Å². The fourth-order valence-corrected chi connectivity index (χ4v) is 5.29. The third-order valence-corrected chi connectivity index (χ3v) is 6.74. The molecule has 1 atom stereocenters. The topological polar surface area (TPSA) is 0 Å². The van der Waals surface area contributed by atoms with Crippen LogP contribution in [0.25, 0.3) is 11.1 Å². The third kappa shape index (κ3) is 2.92. The van der Waals surface area contributed by atoms with E-state index in [1.807, 2.05) is 0 Å². The van der Waals surface area contributed by atoms with Gasteiger partial charge in [-0.15, -0.1) is 0 Å². The Morgan fingerprint density at radius 1 is 0.778 bits per heavy atom. The SMILES string of the molecule is CCc1ccc2c(c1)CC(c1cc3c(cc1C)CCC3)Cc1ccccc1-2. The van der Waals surface area contributed by atoms with Crippen LogP contribution in [0.5, 0.6) is 0 Å². The Balaban J connectivity index is 1.66. The van der Waals surface area contributed by atoms with Crippen molar-refractivity contribution in [3.63, 3.8) is 0 Å². The Bertz CT molecular complexity index is 1010. The van der Waals surface area contributed by atoms with Crippen molar-refractivity contribution in [1.82, 2.24) is 0 Å². The highest BCUT2D eigenvalue weighted by atomic mass is 14.3. The van der Waals surface area contributed by atoms with Gasteiger partial charge in [-0.1, -0.05) is 61.5 Å². The van der Waals surface area contributed by atoms with Gasteiger partial charge in [0.25, 0.3) is 0 Å². The minimum Gasteiger partial charge on any atom is -0.0620 e. The van der Waals surface area contributed by atoms with E-state index < -0.39 is 0 Å². The summed E-state index contributed by atoms with van der Waals surface area (Å²) in [5.41, 5.74) is 13.7. The van der Waals surface area contributed by atoms with Crippen molar-refractivity contribution in [2.24, 2.45) is 0 Å². The van der Waals surface area contributed by atoms with E-state index in [-0.39, 0.29) is 0 Å². The lowest BCUT2D eigenvalue weighted by atomic mass is 9.84. The van der Waals surface area contributed by atoms with Crippen molar-refractivity contribution in [1.29, 1.82) is 0 Å². The molecule has 0 heterocycles. The summed E-state index contributed by atoms with van der Waals surface area (Å²) in [4.78, 5) is 0. The van der Waals surface area contributed by atoms with Crippen molar-refractivity contribution >= 4 is 0 Å². The summed E-state index contributed by atoms with van der Waals surface area (Å²) >= 11 is 0. The quantitative estimate of drug-likeness (QED) is 0.488. The average Bonchev–Trinajstić information content (AvgIpc) is 3.07. The molecule has 2 aliphatic carbocycles. The molecule has 5 rings (SSSR count). The number of aryl methyl sites for hydroxylation is 4. The first-order valence-corrected chi connectivity index (χ1v) is 10.6. The molecule has 0 amide bonds. The second-order valence-electron chi connectivity index (χ2n) is 8.44. The maximum absolute atomic E-state index is 2.56. The smallest absolute Gasteiger partial charge is 0.00779 e. The normalized spacial score (nSPS) is 17.8. The highest BCUT2D eigenvalue weighted by molar-refractivity contribution is 5.72. The van der Waals surface area contributed by atoms with Crippen LogP contribution >= 0.6 is 0 Å². The lowest BCUT2D eigenvalue weighted by Gasteiger charge is -2.20. The summed E-state index contributed by atoms with van der Waals surface area (Å²) in [5, 5.41) is 0. The first kappa shape index (κ1) is 16.8. The summed E-state index contributed by atoms with van der Waals surface area (Å²) < 4.78 is 0. The van der Waals surface area contributed by atoms with Crippen LogP contribution in [-0.2, 0) is 32.1 Å². The van der Waals surface area contributed by atoms with E-state index in [2.05, 4.69) is 68.4 Å². The molecule has 0 heteroatoms. The van der Waals surface area contributed by atoms with Crippen LogP contribution in [0, 0.1) is 6.92 Å². The standard InChI is InChI=1S/C27H28/c1-3-19-11-12-26-23(14-19)16-24(15-22-7-4-5-10-25(22)26)27-17-21-9-6-8-20(21)13-18(27)2/h4-5,7,10-14,17,24H,3,6,8-9,15-16H2,1-2H3. The van der Waals surface area contributed by atoms with Crippen LogP contribution in [0.3, 0.4) is 0 Å². The van der Waals surface area contributed by atoms with E-state index in [9.17, 15) is 0 Å². The minimum atomic E-state index is 0.574. The van der Waals surface area contributed by atoms with Gasteiger partial charge < -0.3 is 0 Å². The largest absolute Gasteiger partial charge is 0.0620 e. The molecule has 27 heavy (non-hydrogen) atoms. The van der Waals surface area contributed by atoms with E-state index in [4.69, 9.17) is 0 Å². The molecule has 3 aromatic rings. The molecular formula is C27H28. The molecule has 0 saturated carbocycles. The first-order valence-electron chi connectivity index (χ1n) is 10.6. The van der Waals surface area contributed by atoms with Crippen LogP contribution in [0.15, 0.2) is 54.6 Å². The van der Waals surface area contributed by atoms with Gasteiger partial charge in [0, 0.05) is 0 Å². The lowest BCUT2D eigenvalue weighted by Crippen LogP contribution is -2.08. The number of fused-ring (bicyclic) bond motifs is 4. The molecule has 136 valence electrons. The van der Waals surface area contributed by atoms with E-state index >= 15 is 0 Å². The van der Waals surface area contributed by atoms with E-state index in [1.54, 1.807) is 16.7 Å². The fourth-order valence-electron chi connectivity index (χ4n) is 5.29. The monoisotopic (exact) mass is 352 g/mol.